The third kappa shape index (κ3) is 4.81. The number of hydrogen-bond donors (Lipinski definition) is 2. The highest BCUT2D eigenvalue weighted by atomic mass is 32.2. The zero-order valence-corrected chi connectivity index (χ0v) is 17.0. The summed E-state index contributed by atoms with van der Waals surface area (Å²) in [7, 11) is -1.27. The van der Waals surface area contributed by atoms with E-state index in [9.17, 15) is 13.2 Å². The van der Waals surface area contributed by atoms with Crippen LogP contribution < -0.4 is 20.1 Å². The van der Waals surface area contributed by atoms with Gasteiger partial charge in [-0.1, -0.05) is 6.07 Å². The summed E-state index contributed by atoms with van der Waals surface area (Å²) in [6.07, 6.45) is 4.42. The van der Waals surface area contributed by atoms with Crippen molar-refractivity contribution in [3.05, 3.63) is 60.6 Å². The lowest BCUT2D eigenvalue weighted by Gasteiger charge is -2.11. The number of amides is 2. The molecule has 0 aliphatic carbocycles. The Labute approximate surface area is 173 Å². The molecule has 1 aromatic carbocycles. The second-order valence-corrected chi connectivity index (χ2v) is 7.85. The molecule has 2 N–H and O–H groups in total. The number of rotatable bonds is 7. The van der Waals surface area contributed by atoms with E-state index in [1.54, 1.807) is 18.5 Å². The number of nitrogens with zero attached hydrogens (tertiary/aromatic N) is 3. The van der Waals surface area contributed by atoms with E-state index < -0.39 is 15.9 Å². The number of benzene rings is 1. The van der Waals surface area contributed by atoms with Crippen LogP contribution >= 0.6 is 0 Å². The standard InChI is InChI=1S/C19H19N5O5S/c1-28-17-16(12-22-19(24-17)29-2)30(26,27)15-7-5-14(6-8-15)23-18(25)21-11-13-4-3-9-20-10-13/h3-10,12H,11H2,1-2H3,(H2,21,23,25). The van der Waals surface area contributed by atoms with Gasteiger partial charge in [-0.25, -0.2) is 18.2 Å². The molecule has 3 rings (SSSR count). The summed E-state index contributed by atoms with van der Waals surface area (Å²) in [5, 5.41) is 5.33. The van der Waals surface area contributed by atoms with E-state index in [1.165, 1.54) is 38.5 Å². The van der Waals surface area contributed by atoms with Gasteiger partial charge in [0.15, 0.2) is 4.90 Å². The number of carbonyl (C=O) groups is 1. The van der Waals surface area contributed by atoms with Gasteiger partial charge in [-0.2, -0.15) is 4.98 Å². The number of nitrogens with one attached hydrogen (secondary N) is 2. The average Bonchev–Trinajstić information content (AvgIpc) is 2.78. The minimum Gasteiger partial charge on any atom is -0.480 e. The molecule has 3 aromatic rings. The lowest BCUT2D eigenvalue weighted by Crippen LogP contribution is -2.28. The first-order valence-corrected chi connectivity index (χ1v) is 10.2. The van der Waals surface area contributed by atoms with Crippen LogP contribution in [0.3, 0.4) is 0 Å². The number of anilines is 1. The molecule has 2 aromatic heterocycles. The van der Waals surface area contributed by atoms with Crippen molar-refractivity contribution in [1.29, 1.82) is 0 Å². The van der Waals surface area contributed by atoms with Crippen LogP contribution in [0.15, 0.2) is 64.8 Å². The van der Waals surface area contributed by atoms with E-state index in [-0.39, 0.29) is 21.7 Å². The van der Waals surface area contributed by atoms with Crippen LogP contribution in [-0.4, -0.2) is 43.6 Å². The molecule has 0 atom stereocenters. The normalized spacial score (nSPS) is 10.9. The van der Waals surface area contributed by atoms with Gasteiger partial charge in [0, 0.05) is 24.6 Å². The smallest absolute Gasteiger partial charge is 0.319 e. The molecule has 2 heterocycles. The summed E-state index contributed by atoms with van der Waals surface area (Å²) in [4.78, 5) is 23.5. The van der Waals surface area contributed by atoms with Crippen LogP contribution in [0.5, 0.6) is 11.9 Å². The molecule has 0 unspecified atom stereocenters. The predicted molar refractivity (Wildman–Crippen MR) is 107 cm³/mol. The van der Waals surface area contributed by atoms with Gasteiger partial charge in [0.05, 0.1) is 25.3 Å². The average molecular weight is 429 g/mol. The Morgan fingerprint density at radius 2 is 1.83 bits per heavy atom. The number of hydrogen-bond acceptors (Lipinski definition) is 8. The van der Waals surface area contributed by atoms with Crippen molar-refractivity contribution in [3.8, 4) is 11.9 Å². The molecule has 0 aliphatic rings. The summed E-state index contributed by atoms with van der Waals surface area (Å²) in [6, 6.07) is 8.87. The Kier molecular flexibility index (Phi) is 6.42. The SMILES string of the molecule is COc1ncc(S(=O)(=O)c2ccc(NC(=O)NCc3cccnc3)cc2)c(OC)n1. The Morgan fingerprint density at radius 3 is 2.47 bits per heavy atom. The summed E-state index contributed by atoms with van der Waals surface area (Å²) in [5.74, 6) is -0.126. The quantitative estimate of drug-likeness (QED) is 0.583. The monoisotopic (exact) mass is 429 g/mol. The first kappa shape index (κ1) is 21.0. The molecule has 30 heavy (non-hydrogen) atoms. The van der Waals surface area contributed by atoms with Crippen LogP contribution in [-0.2, 0) is 16.4 Å². The van der Waals surface area contributed by atoms with E-state index in [0.29, 0.717) is 12.2 Å². The molecule has 2 amide bonds. The number of urea groups is 1. The zero-order chi connectivity index (χ0) is 21.6. The number of methoxy groups -OCH3 is 2. The molecule has 0 aliphatic heterocycles. The van der Waals surface area contributed by atoms with Crippen molar-refractivity contribution < 1.29 is 22.7 Å². The minimum absolute atomic E-state index is 0.00381. The Balaban J connectivity index is 1.71. The molecule has 11 heteroatoms. The molecule has 0 spiro atoms. The van der Waals surface area contributed by atoms with Gasteiger partial charge in [-0.05, 0) is 35.9 Å². The predicted octanol–water partition coefficient (Wildman–Crippen LogP) is 2.04. The maximum atomic E-state index is 12.9. The third-order valence-corrected chi connectivity index (χ3v) is 5.72. The molecule has 0 radical (unpaired) electrons. The first-order chi connectivity index (χ1) is 14.4. The van der Waals surface area contributed by atoms with E-state index in [4.69, 9.17) is 9.47 Å². The van der Waals surface area contributed by atoms with E-state index in [0.717, 1.165) is 11.8 Å². The number of carbonyl (C=O) groups excluding carboxylic acids is 1. The number of aromatic nitrogens is 3. The molecule has 0 saturated carbocycles. The number of pyridine rings is 1. The molecule has 10 nitrogen and oxygen atoms in total. The molecule has 156 valence electrons. The number of ether oxygens (including phenoxy) is 2. The largest absolute Gasteiger partial charge is 0.480 e. The topological polar surface area (TPSA) is 132 Å². The maximum absolute atomic E-state index is 12.9. The van der Waals surface area contributed by atoms with Gasteiger partial charge >= 0.3 is 12.0 Å². The summed E-state index contributed by atoms with van der Waals surface area (Å²) in [6.45, 7) is 0.309. The fourth-order valence-corrected chi connectivity index (χ4v) is 3.77. The molecular formula is C19H19N5O5S. The van der Waals surface area contributed by atoms with Gasteiger partial charge < -0.3 is 20.1 Å². The fraction of sp³-hybridized carbons (Fsp3) is 0.158. The Bertz CT molecular complexity index is 1120. The molecule has 0 bridgehead atoms. The van der Waals surface area contributed by atoms with E-state index in [2.05, 4.69) is 25.6 Å². The Morgan fingerprint density at radius 1 is 1.07 bits per heavy atom. The van der Waals surface area contributed by atoms with Crippen LogP contribution in [0.4, 0.5) is 10.5 Å². The van der Waals surface area contributed by atoms with Crippen LogP contribution in [0.25, 0.3) is 0 Å². The second kappa shape index (κ2) is 9.18. The van der Waals surface area contributed by atoms with Crippen molar-refractivity contribution in [1.82, 2.24) is 20.3 Å². The van der Waals surface area contributed by atoms with Gasteiger partial charge in [-0.15, -0.1) is 0 Å². The highest BCUT2D eigenvalue weighted by molar-refractivity contribution is 7.91. The first-order valence-electron chi connectivity index (χ1n) is 8.68. The van der Waals surface area contributed by atoms with E-state index in [1.807, 2.05) is 6.07 Å². The minimum atomic E-state index is -3.94. The summed E-state index contributed by atoms with van der Waals surface area (Å²) >= 11 is 0. The lowest BCUT2D eigenvalue weighted by molar-refractivity contribution is 0.251. The van der Waals surface area contributed by atoms with Gasteiger partial charge in [0.2, 0.25) is 15.7 Å². The van der Waals surface area contributed by atoms with Crippen molar-refractivity contribution in [2.24, 2.45) is 0 Å². The van der Waals surface area contributed by atoms with Crippen LogP contribution in [0, 0.1) is 0 Å². The molecular weight excluding hydrogens is 410 g/mol. The van der Waals surface area contributed by atoms with Crippen molar-refractivity contribution in [2.45, 2.75) is 16.3 Å². The maximum Gasteiger partial charge on any atom is 0.319 e. The second-order valence-electron chi connectivity index (χ2n) is 5.93. The lowest BCUT2D eigenvalue weighted by atomic mass is 10.3. The highest BCUT2D eigenvalue weighted by Gasteiger charge is 2.24. The van der Waals surface area contributed by atoms with Gasteiger partial charge in [-0.3, -0.25) is 4.98 Å². The molecule has 0 fully saturated rings. The van der Waals surface area contributed by atoms with Crippen molar-refractivity contribution >= 4 is 21.6 Å². The van der Waals surface area contributed by atoms with Crippen molar-refractivity contribution in [2.75, 3.05) is 19.5 Å². The zero-order valence-electron chi connectivity index (χ0n) is 16.2. The number of sulfone groups is 1. The van der Waals surface area contributed by atoms with Gasteiger partial charge in [0.25, 0.3) is 0 Å². The van der Waals surface area contributed by atoms with E-state index >= 15 is 0 Å². The highest BCUT2D eigenvalue weighted by Crippen LogP contribution is 2.29. The Hall–Kier alpha value is -3.73. The van der Waals surface area contributed by atoms with Crippen LogP contribution in [0.1, 0.15) is 5.56 Å². The molecule has 0 saturated heterocycles. The van der Waals surface area contributed by atoms with Crippen molar-refractivity contribution in [3.63, 3.8) is 0 Å². The summed E-state index contributed by atoms with van der Waals surface area (Å²) < 4.78 is 35.7. The van der Waals surface area contributed by atoms with Crippen LogP contribution in [0.2, 0.25) is 0 Å². The van der Waals surface area contributed by atoms with Gasteiger partial charge in [0.1, 0.15) is 0 Å². The third-order valence-electron chi connectivity index (χ3n) is 3.96. The fourth-order valence-electron chi connectivity index (χ4n) is 2.47. The summed E-state index contributed by atoms with van der Waals surface area (Å²) in [5.41, 5.74) is 1.28.